The minimum atomic E-state index is -0.266. The van der Waals surface area contributed by atoms with Crippen LogP contribution in [0.1, 0.15) is 60.3 Å². The highest BCUT2D eigenvalue weighted by atomic mass is 35.5. The van der Waals surface area contributed by atoms with Crippen LogP contribution >= 0.6 is 11.6 Å². The molecule has 1 aromatic heterocycles. The minimum absolute atomic E-state index is 0.0630. The molecule has 1 aromatic carbocycles. The summed E-state index contributed by atoms with van der Waals surface area (Å²) in [6.07, 6.45) is 1.98. The Morgan fingerprint density at radius 1 is 1.32 bits per heavy atom. The molecule has 11 heteroatoms. The monoisotopic (exact) mass is 542 g/mol. The van der Waals surface area contributed by atoms with Crippen LogP contribution in [0.2, 0.25) is 5.02 Å². The number of aliphatic imine (C=N–C) groups is 1. The molecular formula is C27H39ClN8O2. The number of halogens is 1. The number of amidine groups is 1. The Labute approximate surface area is 229 Å². The van der Waals surface area contributed by atoms with Crippen molar-refractivity contribution >= 4 is 34.9 Å². The molecule has 206 valence electrons. The number of anilines is 1. The number of hydrogen-bond acceptors (Lipinski definition) is 6. The zero-order valence-electron chi connectivity index (χ0n) is 22.8. The van der Waals surface area contributed by atoms with E-state index in [0.717, 1.165) is 5.56 Å². The van der Waals surface area contributed by atoms with Crippen molar-refractivity contribution in [1.82, 2.24) is 19.8 Å². The number of aryl methyl sites for hydroxylation is 1. The van der Waals surface area contributed by atoms with Crippen LogP contribution in [0, 0.1) is 12.8 Å². The van der Waals surface area contributed by atoms with E-state index in [1.807, 2.05) is 6.07 Å². The average Bonchev–Trinajstić information content (AvgIpc) is 3.35. The van der Waals surface area contributed by atoms with Gasteiger partial charge in [-0.1, -0.05) is 39.0 Å². The Hall–Kier alpha value is -3.37. The predicted molar refractivity (Wildman–Crippen MR) is 152 cm³/mol. The Bertz CT molecular complexity index is 1260. The first-order valence-electron chi connectivity index (χ1n) is 12.6. The molecule has 7 N–H and O–H groups in total. The molecule has 1 aliphatic rings. The number of aromatic nitrogens is 2. The largest absolute Gasteiger partial charge is 0.398 e. The van der Waals surface area contributed by atoms with E-state index in [1.165, 1.54) is 6.08 Å². The van der Waals surface area contributed by atoms with Crippen LogP contribution in [0.25, 0.3) is 0 Å². The van der Waals surface area contributed by atoms with Crippen LogP contribution in [0.5, 0.6) is 0 Å². The molecule has 3 rings (SSSR count). The number of carbonyl (C=O) groups excluding carboxylic acids is 2. The van der Waals surface area contributed by atoms with Crippen molar-refractivity contribution in [3.63, 3.8) is 0 Å². The van der Waals surface area contributed by atoms with E-state index in [-0.39, 0.29) is 41.6 Å². The fraction of sp³-hybridized carbons (Fsp3) is 0.481. The van der Waals surface area contributed by atoms with Gasteiger partial charge in [0.15, 0.2) is 0 Å². The van der Waals surface area contributed by atoms with Crippen LogP contribution in [-0.4, -0.2) is 57.8 Å². The second kappa shape index (κ2) is 11.6. The van der Waals surface area contributed by atoms with Crippen molar-refractivity contribution in [3.05, 3.63) is 58.1 Å². The lowest BCUT2D eigenvalue weighted by atomic mass is 9.85. The van der Waals surface area contributed by atoms with Crippen molar-refractivity contribution in [2.24, 2.45) is 29.4 Å². The van der Waals surface area contributed by atoms with Gasteiger partial charge in [0, 0.05) is 36.4 Å². The van der Waals surface area contributed by atoms with Crippen LogP contribution in [-0.2, 0) is 23.8 Å². The molecule has 0 aliphatic carbocycles. The third-order valence-electron chi connectivity index (χ3n) is 6.97. The standard InChI is InChI=1S/C27H39ClN8O2/c1-7-23(37)36-13-16(8-9-29)21(14-36)34-26(38)24-15(2)33-22(35(24)6)12-32-25(31)17-10-18(27(3,4)5)19(28)11-20(17)30/h7,10-11,16,21H,1,8-9,12-14,29-30H2,2-6H3,(H2,31,32)(H,34,38)/t16-,21+/m1/s1. The van der Waals surface area contributed by atoms with Crippen LogP contribution in [0.15, 0.2) is 29.8 Å². The number of imidazole rings is 1. The summed E-state index contributed by atoms with van der Waals surface area (Å²) in [5.74, 6) is 0.478. The number of nitrogen functional groups attached to an aromatic ring is 1. The van der Waals surface area contributed by atoms with Gasteiger partial charge >= 0.3 is 0 Å². The summed E-state index contributed by atoms with van der Waals surface area (Å²) < 4.78 is 1.72. The third-order valence-corrected chi connectivity index (χ3v) is 7.29. The molecular weight excluding hydrogens is 504 g/mol. The number of nitrogens with one attached hydrogen (secondary N) is 1. The molecule has 2 aromatic rings. The Morgan fingerprint density at radius 2 is 2.00 bits per heavy atom. The highest BCUT2D eigenvalue weighted by Gasteiger charge is 2.35. The maximum atomic E-state index is 13.3. The first-order chi connectivity index (χ1) is 17.8. The van der Waals surface area contributed by atoms with Gasteiger partial charge in [-0.15, -0.1) is 0 Å². The van der Waals surface area contributed by atoms with Gasteiger partial charge in [0.05, 0.1) is 18.3 Å². The number of nitrogens with zero attached hydrogens (tertiary/aromatic N) is 4. The van der Waals surface area contributed by atoms with Crippen molar-refractivity contribution < 1.29 is 9.59 Å². The van der Waals surface area contributed by atoms with Crippen molar-refractivity contribution in [2.75, 3.05) is 25.4 Å². The van der Waals surface area contributed by atoms with Crippen molar-refractivity contribution in [2.45, 2.75) is 52.1 Å². The number of amides is 2. The third kappa shape index (κ3) is 6.19. The second-order valence-corrected chi connectivity index (χ2v) is 11.2. The van der Waals surface area contributed by atoms with E-state index in [1.54, 1.807) is 29.5 Å². The van der Waals surface area contributed by atoms with E-state index in [0.29, 0.717) is 59.5 Å². The van der Waals surface area contributed by atoms with Gasteiger partial charge in [0.2, 0.25) is 5.91 Å². The number of nitrogens with two attached hydrogens (primary N) is 3. The summed E-state index contributed by atoms with van der Waals surface area (Å²) in [6, 6.07) is 3.35. The van der Waals surface area contributed by atoms with E-state index in [9.17, 15) is 9.59 Å². The summed E-state index contributed by atoms with van der Waals surface area (Å²) in [5.41, 5.74) is 21.1. The molecule has 1 saturated heterocycles. The van der Waals surface area contributed by atoms with Crippen molar-refractivity contribution in [1.29, 1.82) is 0 Å². The summed E-state index contributed by atoms with van der Waals surface area (Å²) in [5, 5.41) is 3.66. The van der Waals surface area contributed by atoms with Gasteiger partial charge in [0.25, 0.3) is 5.91 Å². The molecule has 10 nitrogen and oxygen atoms in total. The first kappa shape index (κ1) is 29.2. The highest BCUT2D eigenvalue weighted by Crippen LogP contribution is 2.33. The first-order valence-corrected chi connectivity index (χ1v) is 13.0. The highest BCUT2D eigenvalue weighted by molar-refractivity contribution is 6.32. The molecule has 0 saturated carbocycles. The van der Waals surface area contributed by atoms with Gasteiger partial charge in [0.1, 0.15) is 17.4 Å². The molecule has 2 atom stereocenters. The van der Waals surface area contributed by atoms with E-state index in [2.05, 4.69) is 42.6 Å². The lowest BCUT2D eigenvalue weighted by Gasteiger charge is -2.22. The smallest absolute Gasteiger partial charge is 0.270 e. The van der Waals surface area contributed by atoms with E-state index in [4.69, 9.17) is 28.8 Å². The van der Waals surface area contributed by atoms with Crippen LogP contribution in [0.3, 0.4) is 0 Å². The summed E-state index contributed by atoms with van der Waals surface area (Å²) in [6.45, 7) is 13.1. The van der Waals surface area contributed by atoms with Gasteiger partial charge in [-0.25, -0.2) is 4.98 Å². The van der Waals surface area contributed by atoms with E-state index < -0.39 is 0 Å². The molecule has 2 heterocycles. The number of rotatable bonds is 8. The molecule has 2 amide bonds. The fourth-order valence-corrected chi connectivity index (χ4v) is 5.32. The van der Waals surface area contributed by atoms with Gasteiger partial charge in [-0.2, -0.15) is 0 Å². The summed E-state index contributed by atoms with van der Waals surface area (Å²) in [4.78, 5) is 36.2. The molecule has 1 aliphatic heterocycles. The molecule has 0 spiro atoms. The molecule has 0 bridgehead atoms. The normalized spacial score (nSPS) is 18.1. The lowest BCUT2D eigenvalue weighted by molar-refractivity contribution is -0.125. The molecule has 0 unspecified atom stereocenters. The predicted octanol–water partition coefficient (Wildman–Crippen LogP) is 2.26. The zero-order valence-corrected chi connectivity index (χ0v) is 23.6. The maximum Gasteiger partial charge on any atom is 0.270 e. The SMILES string of the molecule is C=CC(=O)N1C[C@@H](CCN)[C@@H](NC(=O)c2c(C)nc(CN=C(N)c3cc(C(C)(C)C)c(Cl)cc3N)n2C)C1. The molecule has 0 radical (unpaired) electrons. The Balaban J connectivity index is 1.80. The minimum Gasteiger partial charge on any atom is -0.398 e. The second-order valence-electron chi connectivity index (χ2n) is 10.8. The van der Waals surface area contributed by atoms with Crippen molar-refractivity contribution in [3.8, 4) is 0 Å². The number of benzene rings is 1. The van der Waals surface area contributed by atoms with Gasteiger partial charge in [-0.3, -0.25) is 14.6 Å². The Kier molecular flexibility index (Phi) is 8.89. The average molecular weight is 543 g/mol. The molecule has 38 heavy (non-hydrogen) atoms. The maximum absolute atomic E-state index is 13.3. The van der Waals surface area contributed by atoms with Gasteiger partial charge < -0.3 is 32.0 Å². The number of hydrogen-bond donors (Lipinski definition) is 4. The quantitative estimate of drug-likeness (QED) is 0.173. The van der Waals surface area contributed by atoms with Crippen LogP contribution in [0.4, 0.5) is 5.69 Å². The molecule has 1 fully saturated rings. The summed E-state index contributed by atoms with van der Waals surface area (Å²) >= 11 is 6.41. The van der Waals surface area contributed by atoms with Gasteiger partial charge in [-0.05, 0) is 55.0 Å². The van der Waals surface area contributed by atoms with E-state index >= 15 is 0 Å². The zero-order chi connectivity index (χ0) is 28.4. The number of carbonyl (C=O) groups is 2. The summed E-state index contributed by atoms with van der Waals surface area (Å²) in [7, 11) is 1.77. The topological polar surface area (TPSA) is 158 Å². The fourth-order valence-electron chi connectivity index (χ4n) is 4.86. The van der Waals surface area contributed by atoms with Crippen LogP contribution < -0.4 is 22.5 Å². The number of likely N-dealkylation sites (tertiary alicyclic amines) is 1. The lowest BCUT2D eigenvalue weighted by Crippen LogP contribution is -2.42. The Morgan fingerprint density at radius 3 is 2.61 bits per heavy atom.